The third kappa shape index (κ3) is 5.56. The van der Waals surface area contributed by atoms with Crippen LogP contribution in [0.1, 0.15) is 93.2 Å². The normalized spacial score (nSPS) is 23.2. The minimum atomic E-state index is -0.735. The number of likely N-dealkylation sites (tertiary alicyclic amines) is 1. The Morgan fingerprint density at radius 2 is 1.85 bits per heavy atom. The summed E-state index contributed by atoms with van der Waals surface area (Å²) in [5.74, 6) is 0.229. The second-order valence-corrected chi connectivity index (χ2v) is 12.6. The van der Waals surface area contributed by atoms with Crippen LogP contribution in [0.2, 0.25) is 0 Å². The van der Waals surface area contributed by atoms with Gasteiger partial charge in [0.05, 0.1) is 33.9 Å². The van der Waals surface area contributed by atoms with E-state index in [1.807, 2.05) is 37.7 Å². The van der Waals surface area contributed by atoms with Gasteiger partial charge in [-0.15, -0.1) is 16.4 Å². The number of aliphatic hydroxyl groups is 1. The Hall–Kier alpha value is -3.11. The fourth-order valence-electron chi connectivity index (χ4n) is 6.34. The molecule has 0 bridgehead atoms. The van der Waals surface area contributed by atoms with Crippen molar-refractivity contribution in [3.8, 4) is 10.4 Å². The zero-order valence-electron chi connectivity index (χ0n) is 23.2. The van der Waals surface area contributed by atoms with Crippen molar-refractivity contribution in [2.24, 2.45) is 5.92 Å². The largest absolute Gasteiger partial charge is 0.391 e. The first-order valence-electron chi connectivity index (χ1n) is 14.6. The molecule has 10 heteroatoms. The fourth-order valence-corrected chi connectivity index (χ4v) is 7.16. The first-order chi connectivity index (χ1) is 19.4. The van der Waals surface area contributed by atoms with E-state index < -0.39 is 18.2 Å². The van der Waals surface area contributed by atoms with Gasteiger partial charge in [-0.05, 0) is 56.6 Å². The molecule has 40 heavy (non-hydrogen) atoms. The molecule has 212 valence electrons. The van der Waals surface area contributed by atoms with Gasteiger partial charge >= 0.3 is 0 Å². The molecule has 2 aromatic heterocycles. The number of hydrogen-bond acceptors (Lipinski definition) is 7. The Morgan fingerprint density at radius 1 is 1.10 bits per heavy atom. The van der Waals surface area contributed by atoms with Crippen LogP contribution in [0.3, 0.4) is 0 Å². The first-order valence-corrected chi connectivity index (χ1v) is 15.5. The summed E-state index contributed by atoms with van der Waals surface area (Å²) in [4.78, 5) is 34.8. The van der Waals surface area contributed by atoms with Crippen molar-refractivity contribution in [1.29, 1.82) is 0 Å². The third-order valence-electron chi connectivity index (χ3n) is 8.80. The Bertz CT molecular complexity index is 1340. The maximum Gasteiger partial charge on any atom is 0.248 e. The molecule has 0 spiro atoms. The number of aryl methyl sites for hydroxylation is 1. The molecular weight excluding hydrogens is 524 g/mol. The standard InChI is InChI=1S/C30H38N6O3S/c1-18(20-8-12-23(13-9-20)28-19(2)31-17-40-28)32-29(38)26-14-24(37)15-35(26)30(39)27(22-6-4-3-5-7-22)36-16-25(33-34-36)21-10-11-21/h8-9,12-13,16-18,21-22,24,26-27,37H,3-7,10-11,14-15H2,1-2H3,(H,32,38)/t18-,24+,26-,27?/m0/s1. The summed E-state index contributed by atoms with van der Waals surface area (Å²) >= 11 is 1.61. The van der Waals surface area contributed by atoms with E-state index in [0.717, 1.165) is 65.9 Å². The van der Waals surface area contributed by atoms with Crippen LogP contribution in [0.15, 0.2) is 36.0 Å². The topological polar surface area (TPSA) is 113 Å². The Kier molecular flexibility index (Phi) is 7.72. The summed E-state index contributed by atoms with van der Waals surface area (Å²) in [7, 11) is 0. The smallest absolute Gasteiger partial charge is 0.248 e. The molecule has 1 unspecified atom stereocenters. The van der Waals surface area contributed by atoms with Crippen LogP contribution >= 0.6 is 11.3 Å². The van der Waals surface area contributed by atoms with E-state index in [2.05, 4.69) is 32.7 Å². The first kappa shape index (κ1) is 27.1. The monoisotopic (exact) mass is 562 g/mol. The summed E-state index contributed by atoms with van der Waals surface area (Å²) in [6.07, 6.45) is 8.94. The molecule has 4 atom stereocenters. The van der Waals surface area contributed by atoms with E-state index in [-0.39, 0.29) is 36.7 Å². The maximum absolute atomic E-state index is 14.2. The van der Waals surface area contributed by atoms with Crippen LogP contribution in [0.25, 0.3) is 10.4 Å². The molecule has 2 saturated carbocycles. The Morgan fingerprint density at radius 3 is 2.52 bits per heavy atom. The molecule has 0 radical (unpaired) electrons. The number of nitrogens with one attached hydrogen (secondary N) is 1. The molecule has 2 amide bonds. The van der Waals surface area contributed by atoms with E-state index in [1.54, 1.807) is 20.9 Å². The number of nitrogens with zero attached hydrogens (tertiary/aromatic N) is 5. The highest BCUT2D eigenvalue weighted by atomic mass is 32.1. The predicted octanol–water partition coefficient (Wildman–Crippen LogP) is 4.55. The number of rotatable bonds is 8. The Balaban J connectivity index is 1.18. The highest BCUT2D eigenvalue weighted by Crippen LogP contribution is 2.40. The summed E-state index contributed by atoms with van der Waals surface area (Å²) in [5.41, 5.74) is 5.88. The van der Waals surface area contributed by atoms with Gasteiger partial charge in [-0.2, -0.15) is 0 Å². The lowest BCUT2D eigenvalue weighted by molar-refractivity contribution is -0.143. The van der Waals surface area contributed by atoms with Gasteiger partial charge in [0, 0.05) is 25.1 Å². The number of β-amino-alcohol motifs (C(OH)–C–C–N with tert-alkyl or cyclic N) is 1. The summed E-state index contributed by atoms with van der Waals surface area (Å²) in [6, 6.07) is 6.68. The van der Waals surface area contributed by atoms with Crippen molar-refractivity contribution in [2.75, 3.05) is 6.54 Å². The lowest BCUT2D eigenvalue weighted by atomic mass is 9.83. The molecule has 1 saturated heterocycles. The van der Waals surface area contributed by atoms with Crippen LogP contribution < -0.4 is 5.32 Å². The van der Waals surface area contributed by atoms with E-state index in [9.17, 15) is 14.7 Å². The number of aliphatic hydroxyl groups excluding tert-OH is 1. The van der Waals surface area contributed by atoms with E-state index >= 15 is 0 Å². The fraction of sp³-hybridized carbons (Fsp3) is 0.567. The second-order valence-electron chi connectivity index (χ2n) is 11.8. The van der Waals surface area contributed by atoms with Gasteiger partial charge in [0.15, 0.2) is 0 Å². The van der Waals surface area contributed by atoms with Crippen molar-refractivity contribution in [2.45, 2.75) is 95.4 Å². The number of aromatic nitrogens is 4. The van der Waals surface area contributed by atoms with Crippen molar-refractivity contribution in [1.82, 2.24) is 30.2 Å². The summed E-state index contributed by atoms with van der Waals surface area (Å²) in [5, 5.41) is 22.5. The summed E-state index contributed by atoms with van der Waals surface area (Å²) in [6.45, 7) is 4.10. The van der Waals surface area contributed by atoms with Gasteiger partial charge in [-0.25, -0.2) is 9.67 Å². The lowest BCUT2D eigenvalue weighted by Crippen LogP contribution is -2.50. The SMILES string of the molecule is Cc1ncsc1-c1ccc([C@H](C)NC(=O)[C@@H]2C[C@@H](O)CN2C(=O)C(C2CCCCC2)n2cc(C3CC3)nn2)cc1. The predicted molar refractivity (Wildman–Crippen MR) is 153 cm³/mol. The molecule has 2 N–H and O–H groups in total. The number of carbonyl (C=O) groups is 2. The van der Waals surface area contributed by atoms with Crippen molar-refractivity contribution < 1.29 is 14.7 Å². The minimum Gasteiger partial charge on any atom is -0.391 e. The molecule has 2 aliphatic carbocycles. The van der Waals surface area contributed by atoms with E-state index in [0.29, 0.717) is 5.92 Å². The molecule has 3 heterocycles. The minimum absolute atomic E-state index is 0.132. The van der Waals surface area contributed by atoms with Gasteiger partial charge in [-0.1, -0.05) is 48.7 Å². The van der Waals surface area contributed by atoms with Crippen LogP contribution in [0, 0.1) is 12.8 Å². The maximum atomic E-state index is 14.2. The van der Waals surface area contributed by atoms with Crippen molar-refractivity contribution in [3.63, 3.8) is 0 Å². The molecule has 3 aliphatic rings. The van der Waals surface area contributed by atoms with Gasteiger partial charge in [0.1, 0.15) is 12.1 Å². The highest BCUT2D eigenvalue weighted by molar-refractivity contribution is 7.13. The molecule has 1 aromatic carbocycles. The lowest BCUT2D eigenvalue weighted by Gasteiger charge is -2.34. The van der Waals surface area contributed by atoms with Gasteiger partial charge in [-0.3, -0.25) is 9.59 Å². The molecule has 9 nitrogen and oxygen atoms in total. The highest BCUT2D eigenvalue weighted by Gasteiger charge is 2.44. The van der Waals surface area contributed by atoms with Crippen LogP contribution in [0.5, 0.6) is 0 Å². The number of thiazole rings is 1. The average molecular weight is 563 g/mol. The van der Waals surface area contributed by atoms with E-state index in [1.165, 1.54) is 6.42 Å². The number of benzene rings is 1. The van der Waals surface area contributed by atoms with E-state index in [4.69, 9.17) is 0 Å². The molecule has 3 fully saturated rings. The van der Waals surface area contributed by atoms with Crippen LogP contribution in [-0.2, 0) is 9.59 Å². The third-order valence-corrected chi connectivity index (χ3v) is 9.78. The average Bonchev–Trinajstić information content (AvgIpc) is 3.33. The van der Waals surface area contributed by atoms with Gasteiger partial charge in [0.25, 0.3) is 0 Å². The van der Waals surface area contributed by atoms with Crippen molar-refractivity contribution >= 4 is 23.2 Å². The van der Waals surface area contributed by atoms with Gasteiger partial charge in [0.2, 0.25) is 11.8 Å². The Labute approximate surface area is 239 Å². The van der Waals surface area contributed by atoms with Crippen LogP contribution in [0.4, 0.5) is 0 Å². The number of amides is 2. The quantitative estimate of drug-likeness (QED) is 0.417. The zero-order valence-corrected chi connectivity index (χ0v) is 24.0. The molecule has 6 rings (SSSR count). The van der Waals surface area contributed by atoms with Crippen molar-refractivity contribution in [3.05, 3.63) is 52.9 Å². The second kappa shape index (κ2) is 11.4. The zero-order chi connectivity index (χ0) is 27.8. The number of hydrogen-bond donors (Lipinski definition) is 2. The molecular formula is C30H38N6O3S. The molecule has 3 aromatic rings. The molecule has 1 aliphatic heterocycles. The van der Waals surface area contributed by atoms with Gasteiger partial charge < -0.3 is 15.3 Å². The number of carbonyl (C=O) groups excluding carboxylic acids is 2. The van der Waals surface area contributed by atoms with Crippen LogP contribution in [-0.4, -0.2) is 60.5 Å². The summed E-state index contributed by atoms with van der Waals surface area (Å²) < 4.78 is 1.75.